The van der Waals surface area contributed by atoms with Gasteiger partial charge >= 0.3 is 0 Å². The van der Waals surface area contributed by atoms with Crippen LogP contribution in [0.25, 0.3) is 11.6 Å². The quantitative estimate of drug-likeness (QED) is 0.470. The van der Waals surface area contributed by atoms with Crippen LogP contribution in [0.15, 0.2) is 41.3 Å². The summed E-state index contributed by atoms with van der Waals surface area (Å²) in [6, 6.07) is 8.37. The molecule has 1 amide bonds. The van der Waals surface area contributed by atoms with Crippen molar-refractivity contribution in [3.8, 4) is 0 Å². The van der Waals surface area contributed by atoms with E-state index in [0.29, 0.717) is 16.8 Å². The van der Waals surface area contributed by atoms with Gasteiger partial charge in [0.15, 0.2) is 0 Å². The van der Waals surface area contributed by atoms with Crippen LogP contribution in [0.2, 0.25) is 5.02 Å². The molecule has 1 aliphatic rings. The smallest absolute Gasteiger partial charge is 0.288 e. The highest BCUT2D eigenvalue weighted by Crippen LogP contribution is 2.35. The van der Waals surface area contributed by atoms with E-state index in [4.69, 9.17) is 11.6 Å². The normalized spacial score (nSPS) is 15.0. The highest BCUT2D eigenvalue weighted by Gasteiger charge is 2.26. The maximum absolute atomic E-state index is 12.2. The molecule has 2 N–H and O–H groups in total. The fourth-order valence-electron chi connectivity index (χ4n) is 2.52. The molecule has 0 bridgehead atoms. The molecule has 2 aromatic rings. The minimum Gasteiger partial charge on any atom is -0.321 e. The predicted molar refractivity (Wildman–Crippen MR) is 97.3 cm³/mol. The van der Waals surface area contributed by atoms with Gasteiger partial charge in [-0.15, -0.1) is 0 Å². The molecule has 0 aromatic heterocycles. The monoisotopic (exact) mass is 393 g/mol. The van der Waals surface area contributed by atoms with Gasteiger partial charge in [-0.05, 0) is 43.0 Å². The third-order valence-electron chi connectivity index (χ3n) is 3.83. The number of fused-ring (bicyclic) bond motifs is 1. The lowest BCUT2D eigenvalue weighted by Crippen LogP contribution is -2.18. The molecule has 2 aromatic carbocycles. The van der Waals surface area contributed by atoms with Gasteiger partial charge in [0.05, 0.1) is 9.82 Å². The number of nitrogens with zero attached hydrogens (tertiary/aromatic N) is 1. The Morgan fingerprint density at radius 2 is 1.96 bits per heavy atom. The van der Waals surface area contributed by atoms with Gasteiger partial charge in [-0.3, -0.25) is 14.9 Å². The van der Waals surface area contributed by atoms with Crippen LogP contribution in [0.5, 0.6) is 0 Å². The van der Waals surface area contributed by atoms with Gasteiger partial charge < -0.3 is 5.32 Å². The molecule has 0 aliphatic carbocycles. The fourth-order valence-corrected chi connectivity index (χ4v) is 3.46. The lowest BCUT2D eigenvalue weighted by Gasteiger charge is -2.05. The largest absolute Gasteiger partial charge is 0.321 e. The van der Waals surface area contributed by atoms with Crippen LogP contribution in [0.3, 0.4) is 0 Å². The average molecular weight is 394 g/mol. The van der Waals surface area contributed by atoms with Gasteiger partial charge in [0.25, 0.3) is 11.6 Å². The van der Waals surface area contributed by atoms with E-state index in [0.717, 1.165) is 0 Å². The second-order valence-electron chi connectivity index (χ2n) is 5.40. The van der Waals surface area contributed by atoms with E-state index in [1.807, 2.05) is 0 Å². The second kappa shape index (κ2) is 6.52. The van der Waals surface area contributed by atoms with Crippen molar-refractivity contribution in [3.05, 3.63) is 62.7 Å². The van der Waals surface area contributed by atoms with E-state index in [2.05, 4.69) is 10.0 Å². The van der Waals surface area contributed by atoms with Crippen molar-refractivity contribution in [1.29, 1.82) is 0 Å². The molecule has 0 radical (unpaired) electrons. The Balaban J connectivity index is 2.12. The number of anilines is 1. The van der Waals surface area contributed by atoms with Crippen molar-refractivity contribution in [3.63, 3.8) is 0 Å². The fraction of sp³-hybridized carbons (Fsp3) is 0.0625. The van der Waals surface area contributed by atoms with Crippen molar-refractivity contribution in [2.75, 3.05) is 12.4 Å². The minimum absolute atomic E-state index is 0.00300. The zero-order valence-electron chi connectivity index (χ0n) is 13.3. The maximum atomic E-state index is 12.2. The number of nitro benzene ring substituents is 1. The first-order chi connectivity index (χ1) is 12.2. The third-order valence-corrected chi connectivity index (χ3v) is 5.56. The standard InChI is InChI=1S/C16H12ClN3O5S/c1-18-26(24,25)10-3-5-14-11(8-10)12(16(21)19-14)6-9-2-4-13(17)15(7-9)20(22)23/h2-8,18H,1H3,(H,19,21). The summed E-state index contributed by atoms with van der Waals surface area (Å²) in [6.07, 6.45) is 1.44. The Bertz CT molecular complexity index is 1080. The molecule has 0 fully saturated rings. The van der Waals surface area contributed by atoms with E-state index >= 15 is 0 Å². The summed E-state index contributed by atoms with van der Waals surface area (Å²) in [6.45, 7) is 0. The molecule has 0 atom stereocenters. The molecule has 0 saturated carbocycles. The van der Waals surface area contributed by atoms with E-state index < -0.39 is 20.9 Å². The van der Waals surface area contributed by atoms with E-state index in [1.165, 1.54) is 49.5 Å². The number of nitro groups is 1. The lowest BCUT2D eigenvalue weighted by atomic mass is 10.0. The highest BCUT2D eigenvalue weighted by atomic mass is 35.5. The molecule has 26 heavy (non-hydrogen) atoms. The molecular weight excluding hydrogens is 382 g/mol. The Kier molecular flexibility index (Phi) is 4.53. The second-order valence-corrected chi connectivity index (χ2v) is 7.69. The van der Waals surface area contributed by atoms with Gasteiger partial charge in [0.2, 0.25) is 10.0 Å². The summed E-state index contributed by atoms with van der Waals surface area (Å²) >= 11 is 5.79. The zero-order valence-corrected chi connectivity index (χ0v) is 14.9. The molecule has 0 spiro atoms. The first-order valence-electron chi connectivity index (χ1n) is 7.28. The van der Waals surface area contributed by atoms with Gasteiger partial charge in [0.1, 0.15) is 5.02 Å². The summed E-state index contributed by atoms with van der Waals surface area (Å²) in [5, 5.41) is 13.6. The highest BCUT2D eigenvalue weighted by molar-refractivity contribution is 7.89. The number of hydrogen-bond acceptors (Lipinski definition) is 5. The van der Waals surface area contributed by atoms with Crippen molar-refractivity contribution < 1.29 is 18.1 Å². The van der Waals surface area contributed by atoms with Gasteiger partial charge in [0, 0.05) is 22.9 Å². The number of hydrogen-bond donors (Lipinski definition) is 2. The summed E-state index contributed by atoms with van der Waals surface area (Å²) in [7, 11) is -2.39. The first-order valence-corrected chi connectivity index (χ1v) is 9.14. The number of amides is 1. The summed E-state index contributed by atoms with van der Waals surface area (Å²) in [5.74, 6) is -0.434. The number of benzene rings is 2. The molecule has 8 nitrogen and oxygen atoms in total. The molecule has 0 unspecified atom stereocenters. The molecule has 0 saturated heterocycles. The van der Waals surface area contributed by atoms with Crippen molar-refractivity contribution in [2.24, 2.45) is 0 Å². The van der Waals surface area contributed by atoms with Crippen molar-refractivity contribution in [2.45, 2.75) is 4.90 Å². The number of rotatable bonds is 4. The summed E-state index contributed by atoms with van der Waals surface area (Å²) < 4.78 is 26.2. The van der Waals surface area contributed by atoms with E-state index in [-0.39, 0.29) is 21.2 Å². The molecule has 3 rings (SSSR count). The van der Waals surface area contributed by atoms with E-state index in [1.54, 1.807) is 0 Å². The number of carbonyl (C=O) groups excluding carboxylic acids is 1. The van der Waals surface area contributed by atoms with Crippen LogP contribution in [0, 0.1) is 10.1 Å². The first kappa shape index (κ1) is 18.1. The van der Waals surface area contributed by atoms with Crippen molar-refractivity contribution >= 4 is 50.6 Å². The van der Waals surface area contributed by atoms with Crippen LogP contribution >= 0.6 is 11.6 Å². The predicted octanol–water partition coefficient (Wildman–Crippen LogP) is 2.65. The molecule has 134 valence electrons. The van der Waals surface area contributed by atoms with E-state index in [9.17, 15) is 23.3 Å². The number of sulfonamides is 1. The Labute approximate surface area is 153 Å². The van der Waals surface area contributed by atoms with Crippen LogP contribution in [0.1, 0.15) is 11.1 Å². The Morgan fingerprint density at radius 1 is 1.23 bits per heavy atom. The van der Waals surface area contributed by atoms with Crippen LogP contribution < -0.4 is 10.0 Å². The van der Waals surface area contributed by atoms with Gasteiger partial charge in [-0.1, -0.05) is 17.7 Å². The number of carbonyl (C=O) groups is 1. The number of halogens is 1. The topological polar surface area (TPSA) is 118 Å². The molecule has 1 heterocycles. The van der Waals surface area contributed by atoms with Crippen LogP contribution in [0.4, 0.5) is 11.4 Å². The Morgan fingerprint density at radius 3 is 2.62 bits per heavy atom. The maximum Gasteiger partial charge on any atom is 0.288 e. The lowest BCUT2D eigenvalue weighted by molar-refractivity contribution is -0.384. The van der Waals surface area contributed by atoms with Crippen LogP contribution in [-0.4, -0.2) is 26.3 Å². The molecular formula is C16H12ClN3O5S. The zero-order chi connectivity index (χ0) is 19.1. The molecule has 1 aliphatic heterocycles. The summed E-state index contributed by atoms with van der Waals surface area (Å²) in [5.41, 5.74) is 1.15. The minimum atomic E-state index is -3.68. The SMILES string of the molecule is CNS(=O)(=O)c1ccc2c(c1)C(=Cc1ccc(Cl)c([N+](=O)[O-])c1)C(=O)N2. The van der Waals surface area contributed by atoms with Crippen molar-refractivity contribution in [1.82, 2.24) is 4.72 Å². The molecule has 10 heteroatoms. The van der Waals surface area contributed by atoms with Crippen LogP contribution in [-0.2, 0) is 14.8 Å². The third kappa shape index (κ3) is 3.19. The number of nitrogens with one attached hydrogen (secondary N) is 2. The summed E-state index contributed by atoms with van der Waals surface area (Å²) in [4.78, 5) is 22.6. The average Bonchev–Trinajstić information content (AvgIpc) is 2.91. The Hall–Kier alpha value is -2.75. The van der Waals surface area contributed by atoms with Gasteiger partial charge in [-0.25, -0.2) is 13.1 Å². The van der Waals surface area contributed by atoms with Gasteiger partial charge in [-0.2, -0.15) is 0 Å².